The van der Waals surface area contributed by atoms with Gasteiger partial charge in [0, 0.05) is 52.5 Å². The number of amides is 2. The maximum atomic E-state index is 12.9. The van der Waals surface area contributed by atoms with E-state index in [0.717, 1.165) is 17.3 Å². The van der Waals surface area contributed by atoms with Crippen LogP contribution in [0.5, 0.6) is 0 Å². The Labute approximate surface area is 161 Å². The number of carbonyl (C=O) groups is 2. The van der Waals surface area contributed by atoms with Gasteiger partial charge in [-0.2, -0.15) is 0 Å². The fourth-order valence-corrected chi connectivity index (χ4v) is 3.84. The van der Waals surface area contributed by atoms with Crippen molar-refractivity contribution in [2.75, 3.05) is 19.3 Å². The summed E-state index contributed by atoms with van der Waals surface area (Å²) in [6.07, 6.45) is 3.71. The topological polar surface area (TPSA) is 82.3 Å². The summed E-state index contributed by atoms with van der Waals surface area (Å²) in [5.74, 6) is -0.189. The largest absolute Gasteiger partial charge is 0.351 e. The fraction of sp³-hybridized carbons (Fsp3) is 0.400. The molecule has 0 aliphatic carbocycles. The third kappa shape index (κ3) is 4.30. The highest BCUT2D eigenvalue weighted by molar-refractivity contribution is 7.87. The second kappa shape index (κ2) is 8.08. The number of aromatic amines is 1. The normalized spacial score (nSPS) is 21.1. The minimum Gasteiger partial charge on any atom is -0.351 e. The lowest BCUT2D eigenvalue weighted by Crippen LogP contribution is -2.39. The average molecular weight is 388 g/mol. The second-order valence-corrected chi connectivity index (χ2v) is 8.29. The van der Waals surface area contributed by atoms with Crippen LogP contribution >= 0.6 is 0 Å². The van der Waals surface area contributed by atoms with E-state index in [4.69, 9.17) is 0 Å². The van der Waals surface area contributed by atoms with Crippen molar-refractivity contribution in [3.05, 3.63) is 47.0 Å². The molecule has 3 rings (SSSR count). The molecule has 3 atom stereocenters. The highest BCUT2D eigenvalue weighted by atomic mass is 32.2. The molecule has 1 saturated heterocycles. The zero-order valence-electron chi connectivity index (χ0n) is 15.8. The molecule has 27 heavy (non-hydrogen) atoms. The Hall–Kier alpha value is -2.41. The first-order valence-corrected chi connectivity index (χ1v) is 10.7. The summed E-state index contributed by atoms with van der Waals surface area (Å²) >= 11 is 0. The van der Waals surface area contributed by atoms with E-state index < -0.39 is 10.8 Å². The van der Waals surface area contributed by atoms with Crippen LogP contribution in [0.1, 0.15) is 29.9 Å². The number of aryl methyl sites for hydroxylation is 1. The first-order valence-electron chi connectivity index (χ1n) is 9.09. The van der Waals surface area contributed by atoms with E-state index in [1.165, 1.54) is 23.3 Å². The fourth-order valence-electron chi connectivity index (χ4n) is 3.52. The summed E-state index contributed by atoms with van der Waals surface area (Å²) in [5, 5.41) is 5.34. The van der Waals surface area contributed by atoms with Gasteiger partial charge in [0.15, 0.2) is 0 Å². The van der Waals surface area contributed by atoms with Gasteiger partial charge in [-0.3, -0.25) is 13.8 Å². The molecule has 1 aliphatic heterocycles. The number of aromatic nitrogens is 1. The third-order valence-electron chi connectivity index (χ3n) is 5.00. The van der Waals surface area contributed by atoms with Gasteiger partial charge in [0.2, 0.25) is 5.91 Å². The lowest BCUT2D eigenvalue weighted by molar-refractivity contribution is -0.117. The number of benzene rings is 1. The standard InChI is InChI=1S/C20H25N3O3S/c1-4-14-6-5-7-16-15(14)10-17(21-16)20(25)23-11-13(2)18(12-23)22-19(24)8-9-27(3)26/h5-10,13,18,21H,4,11-12H2,1-3H3,(H,22,24)/b9-8+/t13-,18+,27?/m0/s1. The Morgan fingerprint density at radius 2 is 2.15 bits per heavy atom. The van der Waals surface area contributed by atoms with Crippen molar-refractivity contribution >= 4 is 33.5 Å². The predicted octanol–water partition coefficient (Wildman–Crippen LogP) is 2.20. The Balaban J connectivity index is 1.71. The van der Waals surface area contributed by atoms with Crippen molar-refractivity contribution in [3.63, 3.8) is 0 Å². The van der Waals surface area contributed by atoms with E-state index in [2.05, 4.69) is 23.3 Å². The van der Waals surface area contributed by atoms with Crippen molar-refractivity contribution in [2.45, 2.75) is 26.3 Å². The van der Waals surface area contributed by atoms with Crippen LogP contribution in [0.15, 0.2) is 35.7 Å². The molecular formula is C20H25N3O3S. The summed E-state index contributed by atoms with van der Waals surface area (Å²) in [4.78, 5) is 29.9. The molecule has 1 fully saturated rings. The van der Waals surface area contributed by atoms with Gasteiger partial charge >= 0.3 is 0 Å². The van der Waals surface area contributed by atoms with Crippen LogP contribution in [0, 0.1) is 5.92 Å². The lowest BCUT2D eigenvalue weighted by atomic mass is 10.1. The van der Waals surface area contributed by atoms with Crippen molar-refractivity contribution in [3.8, 4) is 0 Å². The van der Waals surface area contributed by atoms with E-state index in [-0.39, 0.29) is 23.8 Å². The number of rotatable bonds is 5. The van der Waals surface area contributed by atoms with Gasteiger partial charge in [0.05, 0.1) is 6.04 Å². The molecule has 1 unspecified atom stereocenters. The summed E-state index contributed by atoms with van der Waals surface area (Å²) in [6, 6.07) is 7.85. The summed E-state index contributed by atoms with van der Waals surface area (Å²) in [6.45, 7) is 5.16. The molecule has 0 spiro atoms. The average Bonchev–Trinajstić information content (AvgIpc) is 3.23. The number of nitrogens with one attached hydrogen (secondary N) is 2. The zero-order valence-corrected chi connectivity index (χ0v) is 16.6. The van der Waals surface area contributed by atoms with Crippen molar-refractivity contribution in [1.82, 2.24) is 15.2 Å². The van der Waals surface area contributed by atoms with E-state index in [1.807, 2.05) is 25.1 Å². The van der Waals surface area contributed by atoms with Crippen LogP contribution in [0.25, 0.3) is 10.9 Å². The van der Waals surface area contributed by atoms with Crippen molar-refractivity contribution in [1.29, 1.82) is 0 Å². The van der Waals surface area contributed by atoms with Crippen LogP contribution in [0.4, 0.5) is 0 Å². The highest BCUT2D eigenvalue weighted by Gasteiger charge is 2.34. The number of hydrogen-bond acceptors (Lipinski definition) is 3. The molecule has 2 heterocycles. The Morgan fingerprint density at radius 3 is 2.85 bits per heavy atom. The van der Waals surface area contributed by atoms with E-state index in [1.54, 1.807) is 4.90 Å². The van der Waals surface area contributed by atoms with Crippen LogP contribution in [0.2, 0.25) is 0 Å². The Kier molecular flexibility index (Phi) is 5.79. The van der Waals surface area contributed by atoms with Gasteiger partial charge in [-0.1, -0.05) is 26.0 Å². The van der Waals surface area contributed by atoms with Gasteiger partial charge in [-0.05, 0) is 30.0 Å². The Morgan fingerprint density at radius 1 is 1.37 bits per heavy atom. The molecule has 0 saturated carbocycles. The van der Waals surface area contributed by atoms with Gasteiger partial charge < -0.3 is 15.2 Å². The zero-order chi connectivity index (χ0) is 19.6. The molecule has 0 radical (unpaired) electrons. The van der Waals surface area contributed by atoms with Crippen LogP contribution in [0.3, 0.4) is 0 Å². The Bertz CT molecular complexity index is 918. The van der Waals surface area contributed by atoms with Crippen LogP contribution in [-0.2, 0) is 22.0 Å². The highest BCUT2D eigenvalue weighted by Crippen LogP contribution is 2.24. The summed E-state index contributed by atoms with van der Waals surface area (Å²) in [5.41, 5.74) is 2.75. The first kappa shape index (κ1) is 19.4. The molecule has 7 heteroatoms. The maximum absolute atomic E-state index is 12.9. The number of likely N-dealkylation sites (tertiary alicyclic amines) is 1. The quantitative estimate of drug-likeness (QED) is 0.772. The van der Waals surface area contributed by atoms with Gasteiger partial charge in [0.1, 0.15) is 5.69 Å². The van der Waals surface area contributed by atoms with Gasteiger partial charge in [-0.15, -0.1) is 0 Å². The number of fused-ring (bicyclic) bond motifs is 1. The number of H-pyrrole nitrogens is 1. The van der Waals surface area contributed by atoms with E-state index >= 15 is 0 Å². The minimum atomic E-state index is -1.16. The molecule has 6 nitrogen and oxygen atoms in total. The van der Waals surface area contributed by atoms with E-state index in [0.29, 0.717) is 18.8 Å². The minimum absolute atomic E-state index is 0.0537. The van der Waals surface area contributed by atoms with E-state index in [9.17, 15) is 13.8 Å². The molecule has 1 aromatic heterocycles. The molecule has 2 N–H and O–H groups in total. The smallest absolute Gasteiger partial charge is 0.270 e. The van der Waals surface area contributed by atoms with Crippen LogP contribution in [-0.4, -0.2) is 51.3 Å². The van der Waals surface area contributed by atoms with Gasteiger partial charge in [-0.25, -0.2) is 0 Å². The molecule has 2 amide bonds. The molecule has 0 bridgehead atoms. The van der Waals surface area contributed by atoms with Gasteiger partial charge in [0.25, 0.3) is 5.91 Å². The maximum Gasteiger partial charge on any atom is 0.270 e. The molecule has 1 aromatic carbocycles. The SMILES string of the molecule is CCc1cccc2[nH]c(C(=O)N3C[C@H](C)[C@H](NC(=O)/C=C/S(C)=O)C3)cc12. The van der Waals surface area contributed by atoms with Crippen LogP contribution < -0.4 is 5.32 Å². The molecule has 1 aliphatic rings. The molecule has 2 aromatic rings. The molecular weight excluding hydrogens is 362 g/mol. The number of hydrogen-bond donors (Lipinski definition) is 2. The summed E-state index contributed by atoms with van der Waals surface area (Å²) in [7, 11) is -1.16. The lowest BCUT2D eigenvalue weighted by Gasteiger charge is -2.16. The number of nitrogens with zero attached hydrogens (tertiary/aromatic N) is 1. The second-order valence-electron chi connectivity index (χ2n) is 7.02. The first-order chi connectivity index (χ1) is 12.9. The number of carbonyl (C=O) groups excluding carboxylic acids is 2. The van der Waals surface area contributed by atoms with Crippen molar-refractivity contribution in [2.24, 2.45) is 5.92 Å². The molecule has 144 valence electrons. The van der Waals surface area contributed by atoms with Crippen molar-refractivity contribution < 1.29 is 13.8 Å². The third-order valence-corrected chi connectivity index (χ3v) is 5.52. The monoisotopic (exact) mass is 387 g/mol. The predicted molar refractivity (Wildman–Crippen MR) is 108 cm³/mol. The summed E-state index contributed by atoms with van der Waals surface area (Å²) < 4.78 is 11.1.